The summed E-state index contributed by atoms with van der Waals surface area (Å²) in [6, 6.07) is 23.9. The van der Waals surface area contributed by atoms with E-state index in [4.69, 9.17) is 18.7 Å². The van der Waals surface area contributed by atoms with Gasteiger partial charge in [0.1, 0.15) is 35.0 Å². The number of rotatable bonds is 15. The van der Waals surface area contributed by atoms with Crippen molar-refractivity contribution in [3.05, 3.63) is 108 Å². The Morgan fingerprint density at radius 1 is 0.627 bits per heavy atom. The molecule has 18 nitrogen and oxygen atoms in total. The normalized spacial score (nSPS) is 11.5. The standard InChI is InChI=1S/C39H32N6O12S.Cu/c1-51-38(49)24-13-21(20-55-53-3)14-27(15-24)42-40-26-11-12-31(32(46)19-26)43-45-35-33(58-57-56-54-4)17-23-9-10-25(18-29(23)36(35)47)41-44-34-28-8-6-5-7-22(28)16-30(37(34)48)39(50)52-2;/h5-19,46-48H,20H2,1-4H3;. The largest absolute Gasteiger partial charge is 0.506 e. The molecule has 6 rings (SSSR count). The first-order valence-electron chi connectivity index (χ1n) is 16.8. The first-order valence-corrected chi connectivity index (χ1v) is 17.5. The molecule has 0 spiro atoms. The van der Waals surface area contributed by atoms with Gasteiger partial charge in [0.25, 0.3) is 0 Å². The van der Waals surface area contributed by atoms with E-state index < -0.39 is 17.7 Å². The van der Waals surface area contributed by atoms with Crippen molar-refractivity contribution in [1.82, 2.24) is 0 Å². The molecule has 0 aliphatic rings. The molecule has 6 aromatic carbocycles. The summed E-state index contributed by atoms with van der Waals surface area (Å²) in [7, 11) is 5.05. The van der Waals surface area contributed by atoms with Crippen LogP contribution in [0.5, 0.6) is 17.2 Å². The van der Waals surface area contributed by atoms with Crippen LogP contribution in [0.3, 0.4) is 0 Å². The molecular weight excluding hydrogens is 840 g/mol. The average molecular weight is 872 g/mol. The van der Waals surface area contributed by atoms with Crippen LogP contribution in [0.4, 0.5) is 34.1 Å². The second-order valence-electron chi connectivity index (χ2n) is 11.8. The summed E-state index contributed by atoms with van der Waals surface area (Å²) in [5, 5.41) is 65.2. The number of carbonyl (C=O) groups is 2. The van der Waals surface area contributed by atoms with Gasteiger partial charge in [-0.15, -0.1) is 19.7 Å². The molecule has 0 atom stereocenters. The van der Waals surface area contributed by atoms with Crippen LogP contribution in [-0.2, 0) is 57.2 Å². The Hall–Kier alpha value is -6.35. The number of ether oxygens (including phenoxy) is 2. The number of azo groups is 3. The number of benzene rings is 6. The van der Waals surface area contributed by atoms with Gasteiger partial charge < -0.3 is 24.8 Å². The van der Waals surface area contributed by atoms with Crippen LogP contribution in [0.1, 0.15) is 26.3 Å². The van der Waals surface area contributed by atoms with E-state index in [2.05, 4.69) is 45.5 Å². The van der Waals surface area contributed by atoms with E-state index >= 15 is 0 Å². The minimum Gasteiger partial charge on any atom is -0.506 e. The van der Waals surface area contributed by atoms with Crippen LogP contribution in [0.25, 0.3) is 21.5 Å². The monoisotopic (exact) mass is 871 g/mol. The van der Waals surface area contributed by atoms with Gasteiger partial charge in [-0.2, -0.15) is 15.3 Å². The van der Waals surface area contributed by atoms with Crippen molar-refractivity contribution >= 4 is 79.7 Å². The molecule has 20 heteroatoms. The van der Waals surface area contributed by atoms with Crippen molar-refractivity contribution in [1.29, 1.82) is 0 Å². The van der Waals surface area contributed by atoms with Crippen LogP contribution in [0.15, 0.2) is 127 Å². The van der Waals surface area contributed by atoms with Gasteiger partial charge in [-0.25, -0.2) is 24.3 Å². The number of hydrogen-bond donors (Lipinski definition) is 3. The van der Waals surface area contributed by atoms with E-state index in [0.29, 0.717) is 39.5 Å². The zero-order valence-corrected chi connectivity index (χ0v) is 33.0. The first kappa shape index (κ1) is 43.8. The average Bonchev–Trinajstić information content (AvgIpc) is 3.24. The van der Waals surface area contributed by atoms with Crippen LogP contribution in [0, 0.1) is 0 Å². The van der Waals surface area contributed by atoms with Gasteiger partial charge in [-0.1, -0.05) is 35.4 Å². The Balaban J connectivity index is 0.00000661. The number of esters is 2. The molecule has 0 amide bonds. The van der Waals surface area contributed by atoms with Gasteiger partial charge >= 0.3 is 11.9 Å². The third-order valence-corrected chi connectivity index (χ3v) is 8.78. The summed E-state index contributed by atoms with van der Waals surface area (Å²) in [5.41, 5.74) is 1.52. The maximum absolute atomic E-state index is 12.4. The van der Waals surface area contributed by atoms with Gasteiger partial charge in [0.05, 0.1) is 68.0 Å². The van der Waals surface area contributed by atoms with E-state index in [1.165, 1.54) is 64.8 Å². The molecule has 0 heterocycles. The van der Waals surface area contributed by atoms with Gasteiger partial charge in [-0.05, 0) is 70.9 Å². The van der Waals surface area contributed by atoms with Crippen molar-refractivity contribution in [3.8, 4) is 17.2 Å². The predicted octanol–water partition coefficient (Wildman–Crippen LogP) is 10.5. The van der Waals surface area contributed by atoms with Crippen LogP contribution >= 0.6 is 12.0 Å². The Bertz CT molecular complexity index is 2610. The summed E-state index contributed by atoms with van der Waals surface area (Å²) < 4.78 is 14.6. The zero-order valence-electron chi connectivity index (χ0n) is 31.3. The van der Waals surface area contributed by atoms with Crippen molar-refractivity contribution in [2.75, 3.05) is 28.4 Å². The minimum atomic E-state index is -0.746. The van der Waals surface area contributed by atoms with Crippen molar-refractivity contribution in [3.63, 3.8) is 0 Å². The first-order chi connectivity index (χ1) is 28.1. The zero-order chi connectivity index (χ0) is 41.2. The molecule has 1 radical (unpaired) electrons. The Kier molecular flexibility index (Phi) is 15.1. The molecular formula is C39H32CuN6O12S. The maximum atomic E-state index is 12.4. The summed E-state index contributed by atoms with van der Waals surface area (Å²) in [6.07, 6.45) is 0. The molecule has 0 aliphatic carbocycles. The number of phenolic OH excluding ortho intramolecular Hbond substituents is 3. The van der Waals surface area contributed by atoms with E-state index in [9.17, 15) is 24.9 Å². The minimum absolute atomic E-state index is 0. The van der Waals surface area contributed by atoms with E-state index in [1.807, 2.05) is 0 Å². The summed E-state index contributed by atoms with van der Waals surface area (Å²) in [6.45, 7) is 0.0346. The Morgan fingerprint density at radius 3 is 2.07 bits per heavy atom. The SMILES string of the molecule is COOCc1cc(N=Nc2ccc(N=Nc3c(SOOOC)cc4ccc(N=Nc5c(O)c(C(=O)OC)cc6ccccc56)cc4c3O)c(O)c2)cc(C(=O)OC)c1.[Cu]. The molecule has 0 aromatic heterocycles. The third-order valence-electron chi connectivity index (χ3n) is 8.16. The molecule has 0 bridgehead atoms. The number of phenols is 3. The maximum Gasteiger partial charge on any atom is 0.341 e. The van der Waals surface area contributed by atoms with Crippen molar-refractivity contribution in [2.24, 2.45) is 30.7 Å². The smallest absolute Gasteiger partial charge is 0.341 e. The molecule has 0 aliphatic heterocycles. The van der Waals surface area contributed by atoms with E-state index in [-0.39, 0.29) is 85.0 Å². The fourth-order valence-corrected chi connectivity index (χ4v) is 6.03. The molecule has 0 saturated carbocycles. The summed E-state index contributed by atoms with van der Waals surface area (Å²) in [5.74, 6) is -2.39. The third kappa shape index (κ3) is 10.4. The van der Waals surface area contributed by atoms with Crippen molar-refractivity contribution in [2.45, 2.75) is 11.5 Å². The van der Waals surface area contributed by atoms with E-state index in [0.717, 1.165) is 0 Å². The number of aromatic hydroxyl groups is 3. The quantitative estimate of drug-likeness (QED) is 0.0166. The second-order valence-corrected chi connectivity index (χ2v) is 12.5. The van der Waals surface area contributed by atoms with Gasteiger partial charge in [0.2, 0.25) is 0 Å². The van der Waals surface area contributed by atoms with Crippen LogP contribution in [0.2, 0.25) is 0 Å². The van der Waals surface area contributed by atoms with E-state index in [1.54, 1.807) is 54.6 Å². The Morgan fingerprint density at radius 2 is 1.32 bits per heavy atom. The molecule has 0 saturated heterocycles. The fraction of sp³-hybridized carbons (Fsp3) is 0.128. The second kappa shape index (κ2) is 20.4. The number of hydrogen-bond acceptors (Lipinski definition) is 19. The molecule has 307 valence electrons. The fourth-order valence-electron chi connectivity index (χ4n) is 5.48. The summed E-state index contributed by atoms with van der Waals surface area (Å²) >= 11 is 0.674. The van der Waals surface area contributed by atoms with Gasteiger partial charge in [-0.3, -0.25) is 0 Å². The van der Waals surface area contributed by atoms with Gasteiger partial charge in [0, 0.05) is 33.9 Å². The molecule has 3 N–H and O–H groups in total. The number of nitrogens with zero attached hydrogens (tertiary/aromatic N) is 6. The topological polar surface area (TPSA) is 234 Å². The van der Waals surface area contributed by atoms with Crippen LogP contribution in [-0.4, -0.2) is 55.7 Å². The number of methoxy groups -OCH3 is 2. The van der Waals surface area contributed by atoms with Crippen LogP contribution < -0.4 is 0 Å². The molecule has 0 fully saturated rings. The molecule has 59 heavy (non-hydrogen) atoms. The number of fused-ring (bicyclic) bond motifs is 2. The molecule has 0 unspecified atom stereocenters. The van der Waals surface area contributed by atoms with Gasteiger partial charge in [0.15, 0.2) is 11.5 Å². The summed E-state index contributed by atoms with van der Waals surface area (Å²) in [4.78, 5) is 38.9. The Labute approximate surface area is 349 Å². The predicted molar refractivity (Wildman–Crippen MR) is 208 cm³/mol. The molecule has 6 aromatic rings. The number of carbonyl (C=O) groups excluding carboxylic acids is 2. The van der Waals surface area contributed by atoms with Crippen molar-refractivity contribution < 1.29 is 75.5 Å².